The van der Waals surface area contributed by atoms with Crippen LogP contribution >= 0.6 is 11.3 Å². The molecule has 0 saturated carbocycles. The number of isocyanates is 2. The van der Waals surface area contributed by atoms with E-state index in [9.17, 15) is 18.0 Å². The van der Waals surface area contributed by atoms with Crippen LogP contribution in [0.25, 0.3) is 0 Å². The van der Waals surface area contributed by atoms with E-state index < -0.39 is 10.2 Å². The first-order chi connectivity index (χ1) is 6.62. The van der Waals surface area contributed by atoms with Gasteiger partial charge in [-0.15, -0.1) is 0 Å². The average molecular weight is 232 g/mol. The van der Waals surface area contributed by atoms with Crippen molar-refractivity contribution in [1.82, 2.24) is 0 Å². The lowest BCUT2D eigenvalue weighted by Gasteiger charge is -1.72. The molecule has 0 atom stereocenters. The van der Waals surface area contributed by atoms with Crippen molar-refractivity contribution in [3.8, 4) is 0 Å². The molecule has 1 rings (SSSR count). The van der Waals surface area contributed by atoms with Gasteiger partial charge in [0.25, 0.3) is 12.2 Å². The lowest BCUT2D eigenvalue weighted by Crippen LogP contribution is -1.86. The average Bonchev–Trinajstić information content (AvgIpc) is 2.59. The van der Waals surface area contributed by atoms with Crippen molar-refractivity contribution in [2.45, 2.75) is 0 Å². The van der Waals surface area contributed by atoms with Crippen LogP contribution in [0.15, 0.2) is 31.7 Å². The number of rotatable bonds is 2. The fourth-order valence-corrected chi connectivity index (χ4v) is 1.02. The number of nitrogens with zero attached hydrogens (tertiary/aromatic N) is 2. The van der Waals surface area contributed by atoms with Crippen molar-refractivity contribution < 1.29 is 18.0 Å². The van der Waals surface area contributed by atoms with Gasteiger partial charge in [0.15, 0.2) is 0 Å². The van der Waals surface area contributed by atoms with Crippen LogP contribution in [-0.4, -0.2) is 20.6 Å². The zero-order chi connectivity index (χ0) is 10.9. The summed E-state index contributed by atoms with van der Waals surface area (Å²) in [5.74, 6) is 0. The minimum atomic E-state index is -4.28. The summed E-state index contributed by atoms with van der Waals surface area (Å²) in [7, 11) is -4.28. The Morgan fingerprint density at radius 1 is 1.00 bits per heavy atom. The lowest BCUT2D eigenvalue weighted by atomic mass is 10.7. The molecule has 0 N–H and O–H groups in total. The maximum atomic E-state index is 9.97. The number of hydrogen-bond acceptors (Lipinski definition) is 5. The summed E-state index contributed by atoms with van der Waals surface area (Å²) >= 11 is 1.71. The van der Waals surface area contributed by atoms with Crippen LogP contribution in [0.1, 0.15) is 0 Å². The topological polar surface area (TPSA) is 93.0 Å². The Kier molecular flexibility index (Phi) is 6.09. The van der Waals surface area contributed by atoms with Crippen molar-refractivity contribution in [3.05, 3.63) is 22.9 Å². The third-order valence-electron chi connectivity index (χ3n) is 0.731. The van der Waals surface area contributed by atoms with Crippen molar-refractivity contribution in [1.29, 1.82) is 0 Å². The molecule has 0 aliphatic carbocycles. The van der Waals surface area contributed by atoms with Crippen LogP contribution in [0, 0.1) is 0 Å². The van der Waals surface area contributed by atoms with E-state index in [0.29, 0.717) is 12.2 Å². The smallest absolute Gasteiger partial charge is 0.210 e. The van der Waals surface area contributed by atoms with Crippen molar-refractivity contribution in [2.75, 3.05) is 0 Å². The molecule has 0 spiro atoms. The fraction of sp³-hybridized carbons (Fsp3) is 0. The van der Waals surface area contributed by atoms with Gasteiger partial charge in [-0.25, -0.2) is 9.59 Å². The molecule has 6 nitrogen and oxygen atoms in total. The summed E-state index contributed by atoms with van der Waals surface area (Å²) in [6.45, 7) is 0. The molecule has 0 radical (unpaired) electrons. The Bertz CT molecular complexity index is 397. The first-order valence-electron chi connectivity index (χ1n) is 3.03. The van der Waals surface area contributed by atoms with Crippen molar-refractivity contribution in [3.63, 3.8) is 0 Å². The lowest BCUT2D eigenvalue weighted by molar-refractivity contribution is 0.561. The highest BCUT2D eigenvalue weighted by Gasteiger charge is 2.00. The van der Waals surface area contributed by atoms with Crippen LogP contribution < -0.4 is 0 Å². The van der Waals surface area contributed by atoms with Gasteiger partial charge in [-0.3, -0.25) is 0 Å². The van der Waals surface area contributed by atoms with E-state index in [4.69, 9.17) is 0 Å². The Morgan fingerprint density at radius 3 is 1.64 bits per heavy atom. The van der Waals surface area contributed by atoms with Crippen molar-refractivity contribution >= 4 is 33.7 Å². The molecule has 0 fully saturated rings. The van der Waals surface area contributed by atoms with Gasteiger partial charge >= 0.3 is 10.2 Å². The summed E-state index contributed by atoms with van der Waals surface area (Å²) in [5.41, 5.74) is 0. The third-order valence-corrected chi connectivity index (χ3v) is 1.97. The van der Waals surface area contributed by atoms with Gasteiger partial charge in [-0.2, -0.15) is 19.8 Å². The number of thiophene rings is 1. The molecule has 0 aliphatic rings. The van der Waals surface area contributed by atoms with E-state index in [2.05, 4.69) is 8.80 Å². The summed E-state index contributed by atoms with van der Waals surface area (Å²) < 4.78 is 24.3. The Morgan fingerprint density at radius 2 is 1.43 bits per heavy atom. The van der Waals surface area contributed by atoms with E-state index in [1.165, 1.54) is 0 Å². The molecule has 0 aromatic carbocycles. The highest BCUT2D eigenvalue weighted by atomic mass is 32.2. The summed E-state index contributed by atoms with van der Waals surface area (Å²) in [4.78, 5) is 18.5. The normalized spacial score (nSPS) is 8.57. The molecule has 14 heavy (non-hydrogen) atoms. The molecule has 0 amide bonds. The zero-order valence-electron chi connectivity index (χ0n) is 6.65. The van der Waals surface area contributed by atoms with E-state index in [1.807, 2.05) is 22.9 Å². The standard InChI is InChI=1S/C4H4S.C2N2O4S/c1-2-4-5-3-1;5-1-3-9(7,8)4-2-6/h1-4H;. The molecule has 0 aliphatic heterocycles. The molecule has 1 heterocycles. The Labute approximate surface area is 83.8 Å². The Hall–Kier alpha value is -1.59. The molecule has 1 aromatic heterocycles. The Balaban J connectivity index is 0.000000280. The van der Waals surface area contributed by atoms with Crippen LogP contribution in [0.5, 0.6) is 0 Å². The summed E-state index contributed by atoms with van der Waals surface area (Å²) in [5, 5.41) is 4.08. The van der Waals surface area contributed by atoms with Gasteiger partial charge in [0.2, 0.25) is 0 Å². The molecule has 8 heteroatoms. The second-order valence-corrected chi connectivity index (χ2v) is 3.68. The first-order valence-corrected chi connectivity index (χ1v) is 5.37. The number of carbonyl (C=O) groups excluding carboxylic acids is 2. The molecule has 0 unspecified atom stereocenters. The zero-order valence-corrected chi connectivity index (χ0v) is 8.29. The molecule has 1 aromatic rings. The van der Waals surface area contributed by atoms with Crippen LogP contribution in [0.3, 0.4) is 0 Å². The predicted molar refractivity (Wildman–Crippen MR) is 49.5 cm³/mol. The van der Waals surface area contributed by atoms with Gasteiger partial charge in [0, 0.05) is 0 Å². The molecular weight excluding hydrogens is 228 g/mol. The summed E-state index contributed by atoms with van der Waals surface area (Å²) in [6.07, 6.45) is 1.41. The highest BCUT2D eigenvalue weighted by molar-refractivity contribution is 7.89. The van der Waals surface area contributed by atoms with Gasteiger partial charge in [0.1, 0.15) is 0 Å². The molecule has 0 bridgehead atoms. The quantitative estimate of drug-likeness (QED) is 0.552. The van der Waals surface area contributed by atoms with Crippen LogP contribution in [0.4, 0.5) is 0 Å². The van der Waals surface area contributed by atoms with Crippen molar-refractivity contribution in [2.24, 2.45) is 8.80 Å². The fourth-order valence-electron chi connectivity index (χ4n) is 0.341. The number of hydrogen-bond donors (Lipinski definition) is 0. The SMILES string of the molecule is O=C=NS(=O)(=O)N=C=O.c1ccsc1. The monoisotopic (exact) mass is 232 g/mol. The van der Waals surface area contributed by atoms with Gasteiger partial charge in [-0.1, -0.05) is 20.9 Å². The molecule has 0 saturated heterocycles. The van der Waals surface area contributed by atoms with E-state index in [1.54, 1.807) is 11.3 Å². The largest absolute Gasteiger partial charge is 0.383 e. The van der Waals surface area contributed by atoms with Crippen LogP contribution in [0.2, 0.25) is 0 Å². The second kappa shape index (κ2) is 6.88. The minimum absolute atomic E-state index is 0.707. The second-order valence-electron chi connectivity index (χ2n) is 1.61. The van der Waals surface area contributed by atoms with E-state index in [-0.39, 0.29) is 0 Å². The van der Waals surface area contributed by atoms with Gasteiger partial charge in [0.05, 0.1) is 0 Å². The summed E-state index contributed by atoms with van der Waals surface area (Å²) in [6, 6.07) is 4.04. The van der Waals surface area contributed by atoms with E-state index >= 15 is 0 Å². The third kappa shape index (κ3) is 7.08. The van der Waals surface area contributed by atoms with Gasteiger partial charge < -0.3 is 0 Å². The first kappa shape index (κ1) is 12.4. The van der Waals surface area contributed by atoms with E-state index in [0.717, 1.165) is 0 Å². The minimum Gasteiger partial charge on any atom is -0.210 e. The maximum absolute atomic E-state index is 9.97. The predicted octanol–water partition coefficient (Wildman–Crippen LogP) is 0.651. The molecule has 74 valence electrons. The molecular formula is C6H4N2O4S2. The highest BCUT2D eigenvalue weighted by Crippen LogP contribution is 1.91. The maximum Gasteiger partial charge on any atom is 0.383 e. The van der Waals surface area contributed by atoms with Gasteiger partial charge in [-0.05, 0) is 10.8 Å². The van der Waals surface area contributed by atoms with Crippen LogP contribution in [-0.2, 0) is 19.8 Å².